The van der Waals surface area contributed by atoms with Gasteiger partial charge in [0.15, 0.2) is 0 Å². The van der Waals surface area contributed by atoms with Gasteiger partial charge in [-0.25, -0.2) is 19.7 Å². The van der Waals surface area contributed by atoms with Gasteiger partial charge in [-0.3, -0.25) is 0 Å². The van der Waals surface area contributed by atoms with E-state index in [1.807, 2.05) is 0 Å². The molecule has 0 radical (unpaired) electrons. The number of aliphatic hydroxyl groups is 3. The van der Waals surface area contributed by atoms with Crippen LogP contribution in [0.1, 0.15) is 13.3 Å². The molecule has 0 aliphatic carbocycles. The largest absolute Gasteiger partial charge is 0.426 e. The molecule has 0 aromatic heterocycles. The fourth-order valence-corrected chi connectivity index (χ4v) is 0.889. The van der Waals surface area contributed by atoms with E-state index in [1.165, 1.54) is 6.92 Å². The molecule has 19 heavy (non-hydrogen) atoms. The van der Waals surface area contributed by atoms with E-state index in [4.69, 9.17) is 15.3 Å². The summed E-state index contributed by atoms with van der Waals surface area (Å²) in [5.41, 5.74) is 9.36. The zero-order valence-corrected chi connectivity index (χ0v) is 9.65. The molecule has 0 fully saturated rings. The van der Waals surface area contributed by atoms with Crippen LogP contribution >= 0.6 is 0 Å². The number of hydrogen-bond donors (Lipinski definition) is 6. The number of primary amides is 2. The van der Waals surface area contributed by atoms with Gasteiger partial charge in [-0.05, 0) is 0 Å². The van der Waals surface area contributed by atoms with Crippen LogP contribution in [-0.4, -0.2) is 45.7 Å². The Hall–Kier alpha value is -2.31. The molecular formula is C7H13N3O9. The van der Waals surface area contributed by atoms with Crippen LogP contribution in [0.3, 0.4) is 0 Å². The van der Waals surface area contributed by atoms with Crippen LogP contribution in [-0.2, 0) is 14.2 Å². The molecule has 0 aromatic carbocycles. The third-order valence-corrected chi connectivity index (χ3v) is 1.46. The average Bonchev–Trinajstić information content (AvgIpc) is 2.11. The van der Waals surface area contributed by atoms with Crippen molar-refractivity contribution in [3.05, 3.63) is 0 Å². The lowest BCUT2D eigenvalue weighted by molar-refractivity contribution is -0.335. The minimum absolute atomic E-state index is 0.429. The Balaban J connectivity index is 4.97. The highest BCUT2D eigenvalue weighted by molar-refractivity contribution is 5.70. The molecule has 8 N–H and O–H groups in total. The maximum Gasteiger partial charge on any atom is 0.426 e. The van der Waals surface area contributed by atoms with Gasteiger partial charge in [-0.1, -0.05) is 6.92 Å². The maximum absolute atomic E-state index is 11.1. The summed E-state index contributed by atoms with van der Waals surface area (Å²) in [6.45, 7) is 1.25. The van der Waals surface area contributed by atoms with Crippen molar-refractivity contribution in [2.45, 2.75) is 25.4 Å². The lowest BCUT2D eigenvalue weighted by Crippen LogP contribution is -2.53. The Morgan fingerprint density at radius 1 is 1.05 bits per heavy atom. The van der Waals surface area contributed by atoms with Crippen molar-refractivity contribution in [3.63, 3.8) is 0 Å². The van der Waals surface area contributed by atoms with Gasteiger partial charge >= 0.3 is 30.3 Å². The molecule has 0 aliphatic rings. The summed E-state index contributed by atoms with van der Waals surface area (Å²) in [7, 11) is 0. The fraction of sp³-hybridized carbons (Fsp3) is 0.571. The molecular weight excluding hydrogens is 270 g/mol. The summed E-state index contributed by atoms with van der Waals surface area (Å²) in [5, 5.41) is 26.5. The number of carbonyl (C=O) groups is 3. The monoisotopic (exact) mass is 283 g/mol. The van der Waals surface area contributed by atoms with Crippen LogP contribution in [0.4, 0.5) is 14.4 Å². The van der Waals surface area contributed by atoms with E-state index < -0.39 is 36.8 Å². The second-order valence-corrected chi connectivity index (χ2v) is 3.03. The highest BCUT2D eigenvalue weighted by Gasteiger charge is 2.42. The number of rotatable bonds is 5. The number of amides is 3. The SMILES string of the molecule is CCC(OC(N)=O)(OC(N)=O)OC(=O)NC(O)(O)O. The van der Waals surface area contributed by atoms with Crippen LogP contribution in [0, 0.1) is 0 Å². The summed E-state index contributed by atoms with van der Waals surface area (Å²) in [4.78, 5) is 32.4. The van der Waals surface area contributed by atoms with E-state index in [-0.39, 0.29) is 0 Å². The van der Waals surface area contributed by atoms with Gasteiger partial charge in [0, 0.05) is 0 Å². The van der Waals surface area contributed by atoms with E-state index >= 15 is 0 Å². The molecule has 0 saturated heterocycles. The van der Waals surface area contributed by atoms with Crippen LogP contribution < -0.4 is 16.8 Å². The van der Waals surface area contributed by atoms with Crippen LogP contribution in [0.15, 0.2) is 0 Å². The van der Waals surface area contributed by atoms with Gasteiger partial charge in [0.05, 0.1) is 6.42 Å². The third kappa shape index (κ3) is 6.87. The smallest absolute Gasteiger partial charge is 0.371 e. The van der Waals surface area contributed by atoms with Gasteiger partial charge in [-0.2, -0.15) is 0 Å². The molecule has 0 heterocycles. The number of alkyl carbamates (subject to hydrolysis) is 1. The summed E-state index contributed by atoms with van der Waals surface area (Å²) < 4.78 is 12.9. The Kier molecular flexibility index (Phi) is 5.30. The first-order chi connectivity index (χ1) is 8.49. The fourth-order valence-electron chi connectivity index (χ4n) is 0.889. The van der Waals surface area contributed by atoms with Gasteiger partial charge in [0.1, 0.15) is 0 Å². The Morgan fingerprint density at radius 2 is 1.47 bits per heavy atom. The molecule has 3 amide bonds. The van der Waals surface area contributed by atoms with E-state index in [9.17, 15) is 14.4 Å². The average molecular weight is 283 g/mol. The van der Waals surface area contributed by atoms with Crippen molar-refractivity contribution >= 4 is 18.3 Å². The quantitative estimate of drug-likeness (QED) is 0.296. The second kappa shape index (κ2) is 6.03. The number of hydrogen-bond acceptors (Lipinski definition) is 9. The second-order valence-electron chi connectivity index (χ2n) is 3.03. The number of carbonyl (C=O) groups excluding carboxylic acids is 3. The highest BCUT2D eigenvalue weighted by Crippen LogP contribution is 2.20. The molecule has 110 valence electrons. The van der Waals surface area contributed by atoms with Crippen molar-refractivity contribution in [2.24, 2.45) is 11.5 Å². The zero-order valence-electron chi connectivity index (χ0n) is 9.65. The van der Waals surface area contributed by atoms with E-state index in [1.54, 1.807) is 0 Å². The minimum Gasteiger partial charge on any atom is -0.371 e. The van der Waals surface area contributed by atoms with E-state index in [2.05, 4.69) is 25.7 Å². The molecule has 0 spiro atoms. The summed E-state index contributed by atoms with van der Waals surface area (Å²) >= 11 is 0. The normalized spacial score (nSPS) is 11.4. The van der Waals surface area contributed by atoms with Gasteiger partial charge in [0.2, 0.25) is 0 Å². The van der Waals surface area contributed by atoms with Gasteiger partial charge < -0.3 is 41.0 Å². The first-order valence-electron chi connectivity index (χ1n) is 4.65. The van der Waals surface area contributed by atoms with Crippen molar-refractivity contribution in [3.8, 4) is 0 Å². The standard InChI is InChI=1S/C7H13N3O9/c1-2-6(17-3(8)11,18-4(9)12)19-5(13)10-7(14,15)16/h14-16H,2H2,1H3,(H2,8,11)(H2,9,12)(H,10,13). The Morgan fingerprint density at radius 3 is 1.74 bits per heavy atom. The molecule has 12 heteroatoms. The first-order valence-corrected chi connectivity index (χ1v) is 4.65. The molecule has 0 bridgehead atoms. The molecule has 12 nitrogen and oxygen atoms in total. The summed E-state index contributed by atoms with van der Waals surface area (Å²) in [6, 6.07) is 0. The minimum atomic E-state index is -3.60. The van der Waals surface area contributed by atoms with Crippen LogP contribution in [0.25, 0.3) is 0 Å². The molecule has 0 atom stereocenters. The highest BCUT2D eigenvalue weighted by atomic mass is 16.9. The number of nitrogens with one attached hydrogen (secondary N) is 1. The number of ether oxygens (including phenoxy) is 3. The van der Waals surface area contributed by atoms with Crippen molar-refractivity contribution in [1.29, 1.82) is 0 Å². The predicted octanol–water partition coefficient (Wildman–Crippen LogP) is -2.44. The lowest BCUT2D eigenvalue weighted by atomic mass is 10.4. The third-order valence-electron chi connectivity index (χ3n) is 1.46. The lowest BCUT2D eigenvalue weighted by Gasteiger charge is -2.29. The maximum atomic E-state index is 11.1. The number of nitrogens with two attached hydrogens (primary N) is 2. The summed E-state index contributed by atoms with van der Waals surface area (Å²) in [5.74, 6) is -2.62. The first kappa shape index (κ1) is 16.7. The van der Waals surface area contributed by atoms with E-state index in [0.29, 0.717) is 0 Å². The van der Waals surface area contributed by atoms with Crippen molar-refractivity contribution < 1.29 is 43.9 Å². The molecule has 0 saturated carbocycles. The zero-order chi connectivity index (χ0) is 15.3. The summed E-state index contributed by atoms with van der Waals surface area (Å²) in [6.07, 6.45) is -8.69. The van der Waals surface area contributed by atoms with Crippen molar-refractivity contribution in [1.82, 2.24) is 5.32 Å². The molecule has 0 rings (SSSR count). The predicted molar refractivity (Wildman–Crippen MR) is 53.4 cm³/mol. The topological polar surface area (TPSA) is 204 Å². The molecule has 0 aromatic rings. The van der Waals surface area contributed by atoms with Gasteiger partial charge in [-0.15, -0.1) is 0 Å². The van der Waals surface area contributed by atoms with Crippen LogP contribution in [0.5, 0.6) is 0 Å². The van der Waals surface area contributed by atoms with E-state index in [0.717, 1.165) is 5.32 Å². The van der Waals surface area contributed by atoms with Gasteiger partial charge in [0.25, 0.3) is 0 Å². The Labute approximate surface area is 105 Å². The molecule has 0 unspecified atom stereocenters. The molecule has 0 aliphatic heterocycles. The Bertz CT molecular complexity index is 347. The van der Waals surface area contributed by atoms with Crippen molar-refractivity contribution in [2.75, 3.05) is 0 Å². The van der Waals surface area contributed by atoms with Crippen LogP contribution in [0.2, 0.25) is 0 Å².